The molecule has 0 atom stereocenters. The van der Waals surface area contributed by atoms with E-state index < -0.39 is 11.5 Å². The third kappa shape index (κ3) is 4.63. The maximum Gasteiger partial charge on any atom is 0.267 e. The second kappa shape index (κ2) is 7.20. The zero-order valence-corrected chi connectivity index (χ0v) is 15.9. The molecule has 0 fully saturated rings. The van der Waals surface area contributed by atoms with Crippen LogP contribution >= 0.6 is 0 Å². The predicted molar refractivity (Wildman–Crippen MR) is 103 cm³/mol. The molecule has 0 radical (unpaired) electrons. The number of hydrogen-bond donors (Lipinski definition) is 2. The molecule has 26 heavy (non-hydrogen) atoms. The summed E-state index contributed by atoms with van der Waals surface area (Å²) in [4.78, 5) is 24.1. The molecule has 0 aliphatic carbocycles. The van der Waals surface area contributed by atoms with Gasteiger partial charge < -0.3 is 15.8 Å². The number of ether oxygens (including phenoxy) is 1. The van der Waals surface area contributed by atoms with Crippen LogP contribution in [0, 0.1) is 0 Å². The number of anilines is 1. The van der Waals surface area contributed by atoms with Crippen molar-refractivity contribution < 1.29 is 14.3 Å². The van der Waals surface area contributed by atoms with Gasteiger partial charge in [-0.2, -0.15) is 0 Å². The fourth-order valence-electron chi connectivity index (χ4n) is 2.44. The normalized spacial score (nSPS) is 11.7. The number of primary amides is 1. The fourth-order valence-corrected chi connectivity index (χ4v) is 2.44. The molecule has 2 aromatic rings. The van der Waals surface area contributed by atoms with E-state index >= 15 is 0 Å². The van der Waals surface area contributed by atoms with E-state index in [-0.39, 0.29) is 16.9 Å². The Morgan fingerprint density at radius 3 is 2.04 bits per heavy atom. The van der Waals surface area contributed by atoms with Crippen LogP contribution in [0.25, 0.3) is 0 Å². The van der Waals surface area contributed by atoms with Gasteiger partial charge >= 0.3 is 0 Å². The molecule has 0 spiro atoms. The molecule has 138 valence electrons. The van der Waals surface area contributed by atoms with Gasteiger partial charge in [-0.15, -0.1) is 0 Å². The van der Waals surface area contributed by atoms with Crippen LogP contribution in [-0.4, -0.2) is 17.4 Å². The molecule has 0 saturated heterocycles. The minimum absolute atomic E-state index is 0.0455. The molecule has 0 bridgehead atoms. The Balaban J connectivity index is 2.14. The summed E-state index contributed by atoms with van der Waals surface area (Å²) in [5, 5.41) is 2.72. The fraction of sp³-hybridized carbons (Fsp3) is 0.333. The first-order chi connectivity index (χ1) is 12.0. The molecule has 5 heteroatoms. The van der Waals surface area contributed by atoms with E-state index in [0.29, 0.717) is 11.4 Å². The summed E-state index contributed by atoms with van der Waals surface area (Å²) in [5.74, 6) is -0.371. The summed E-state index contributed by atoms with van der Waals surface area (Å²) in [7, 11) is 0. The van der Waals surface area contributed by atoms with Gasteiger partial charge in [0, 0.05) is 0 Å². The third-order valence-electron chi connectivity index (χ3n) is 4.08. The highest BCUT2D eigenvalue weighted by Crippen LogP contribution is 2.26. The molecular formula is C21H26N2O3. The highest BCUT2D eigenvalue weighted by molar-refractivity contribution is 6.04. The number of nitrogens with one attached hydrogen (secondary N) is 1. The third-order valence-corrected chi connectivity index (χ3v) is 4.08. The molecule has 2 rings (SSSR count). The van der Waals surface area contributed by atoms with Crippen LogP contribution < -0.4 is 15.8 Å². The van der Waals surface area contributed by atoms with Gasteiger partial charge in [-0.3, -0.25) is 9.59 Å². The molecular weight excluding hydrogens is 328 g/mol. The lowest BCUT2D eigenvalue weighted by atomic mass is 9.87. The number of para-hydroxylation sites is 1. The van der Waals surface area contributed by atoms with Crippen LogP contribution in [0.5, 0.6) is 5.75 Å². The lowest BCUT2D eigenvalue weighted by molar-refractivity contribution is -0.128. The monoisotopic (exact) mass is 354 g/mol. The predicted octanol–water partition coefficient (Wildman–Crippen LogP) is 3.88. The number of benzene rings is 2. The Bertz CT molecular complexity index is 803. The zero-order valence-electron chi connectivity index (χ0n) is 15.9. The van der Waals surface area contributed by atoms with Crippen LogP contribution in [0.2, 0.25) is 0 Å². The van der Waals surface area contributed by atoms with E-state index in [2.05, 4.69) is 26.1 Å². The first kappa shape index (κ1) is 19.5. The van der Waals surface area contributed by atoms with E-state index in [9.17, 15) is 9.59 Å². The molecule has 2 amide bonds. The average molecular weight is 354 g/mol. The first-order valence-corrected chi connectivity index (χ1v) is 8.50. The van der Waals surface area contributed by atoms with Crippen LogP contribution in [0.3, 0.4) is 0 Å². The van der Waals surface area contributed by atoms with Crippen molar-refractivity contribution in [1.29, 1.82) is 0 Å². The SMILES string of the molecule is CC(C)(Oc1ccc(C(C)(C)C)cc1)C(=O)Nc1ccccc1C(N)=O. The minimum Gasteiger partial charge on any atom is -0.478 e. The van der Waals surface area contributed by atoms with Crippen molar-refractivity contribution in [3.05, 3.63) is 59.7 Å². The van der Waals surface area contributed by atoms with E-state index in [1.54, 1.807) is 38.1 Å². The summed E-state index contributed by atoms with van der Waals surface area (Å²) in [6.45, 7) is 9.75. The lowest BCUT2D eigenvalue weighted by Crippen LogP contribution is -2.42. The Hall–Kier alpha value is -2.82. The molecule has 0 saturated carbocycles. The molecule has 5 nitrogen and oxygen atoms in total. The molecule has 0 aromatic heterocycles. The molecule has 2 aromatic carbocycles. The van der Waals surface area contributed by atoms with E-state index in [1.807, 2.05) is 24.3 Å². The number of amides is 2. The van der Waals surface area contributed by atoms with Gasteiger partial charge in [0.2, 0.25) is 0 Å². The van der Waals surface area contributed by atoms with Gasteiger partial charge in [-0.05, 0) is 49.1 Å². The maximum absolute atomic E-state index is 12.7. The number of hydrogen-bond acceptors (Lipinski definition) is 3. The molecule has 0 aliphatic rings. The van der Waals surface area contributed by atoms with Crippen molar-refractivity contribution in [3.8, 4) is 5.75 Å². The van der Waals surface area contributed by atoms with Gasteiger partial charge in [0.1, 0.15) is 5.75 Å². The van der Waals surface area contributed by atoms with Gasteiger partial charge in [-0.1, -0.05) is 45.0 Å². The standard InChI is InChI=1S/C21H26N2O3/c1-20(2,3)14-10-12-15(13-11-14)26-21(4,5)19(25)23-17-9-7-6-8-16(17)18(22)24/h6-13H,1-5H3,(H2,22,24)(H,23,25). The van der Waals surface area contributed by atoms with E-state index in [4.69, 9.17) is 10.5 Å². The smallest absolute Gasteiger partial charge is 0.267 e. The molecule has 0 aliphatic heterocycles. The van der Waals surface area contributed by atoms with Gasteiger partial charge in [0.05, 0.1) is 11.3 Å². The van der Waals surface area contributed by atoms with Crippen LogP contribution in [0.4, 0.5) is 5.69 Å². The van der Waals surface area contributed by atoms with Crippen molar-refractivity contribution in [2.75, 3.05) is 5.32 Å². The Morgan fingerprint density at radius 1 is 0.923 bits per heavy atom. The number of carbonyl (C=O) groups is 2. The van der Waals surface area contributed by atoms with E-state index in [1.165, 1.54) is 5.56 Å². The van der Waals surface area contributed by atoms with E-state index in [0.717, 1.165) is 0 Å². The highest BCUT2D eigenvalue weighted by Gasteiger charge is 2.31. The minimum atomic E-state index is -1.13. The quantitative estimate of drug-likeness (QED) is 0.855. The number of carbonyl (C=O) groups excluding carboxylic acids is 2. The molecule has 3 N–H and O–H groups in total. The first-order valence-electron chi connectivity index (χ1n) is 8.50. The van der Waals surface area contributed by atoms with Crippen molar-refractivity contribution in [1.82, 2.24) is 0 Å². The summed E-state index contributed by atoms with van der Waals surface area (Å²) < 4.78 is 5.88. The zero-order chi connectivity index (χ0) is 19.5. The summed E-state index contributed by atoms with van der Waals surface area (Å²) in [6.07, 6.45) is 0. The summed E-state index contributed by atoms with van der Waals surface area (Å²) in [5.41, 5.74) is 6.07. The van der Waals surface area contributed by atoms with Crippen molar-refractivity contribution >= 4 is 17.5 Å². The second-order valence-electron chi connectivity index (χ2n) is 7.75. The number of rotatable bonds is 5. The lowest BCUT2D eigenvalue weighted by Gasteiger charge is -2.26. The maximum atomic E-state index is 12.7. The molecule has 0 unspecified atom stereocenters. The summed E-state index contributed by atoms with van der Waals surface area (Å²) in [6, 6.07) is 14.3. The number of nitrogens with two attached hydrogens (primary N) is 1. The summed E-state index contributed by atoms with van der Waals surface area (Å²) >= 11 is 0. The van der Waals surface area contributed by atoms with Crippen LogP contribution in [0.1, 0.15) is 50.5 Å². The van der Waals surface area contributed by atoms with Gasteiger partial charge in [0.25, 0.3) is 11.8 Å². The molecule has 0 heterocycles. The largest absolute Gasteiger partial charge is 0.478 e. The van der Waals surface area contributed by atoms with Gasteiger partial charge in [0.15, 0.2) is 5.60 Å². The van der Waals surface area contributed by atoms with Crippen molar-refractivity contribution in [2.45, 2.75) is 45.6 Å². The van der Waals surface area contributed by atoms with Crippen molar-refractivity contribution in [3.63, 3.8) is 0 Å². The van der Waals surface area contributed by atoms with Crippen LogP contribution in [0.15, 0.2) is 48.5 Å². The van der Waals surface area contributed by atoms with Gasteiger partial charge in [-0.25, -0.2) is 0 Å². The highest BCUT2D eigenvalue weighted by atomic mass is 16.5. The topological polar surface area (TPSA) is 81.4 Å². The Kier molecular flexibility index (Phi) is 5.40. The van der Waals surface area contributed by atoms with Crippen LogP contribution in [-0.2, 0) is 10.2 Å². The Morgan fingerprint density at radius 2 is 1.50 bits per heavy atom. The Labute approximate surface area is 154 Å². The average Bonchev–Trinajstić information content (AvgIpc) is 2.54. The second-order valence-corrected chi connectivity index (χ2v) is 7.75. The van der Waals surface area contributed by atoms with Crippen molar-refractivity contribution in [2.24, 2.45) is 5.73 Å².